The van der Waals surface area contributed by atoms with E-state index in [0.29, 0.717) is 13.0 Å². The Hall–Kier alpha value is -1.63. The minimum Gasteiger partial charge on any atom is -0.481 e. The lowest BCUT2D eigenvalue weighted by atomic mass is 9.76. The van der Waals surface area contributed by atoms with Crippen molar-refractivity contribution in [1.29, 1.82) is 0 Å². The van der Waals surface area contributed by atoms with E-state index >= 15 is 0 Å². The molecule has 20 heavy (non-hydrogen) atoms. The molecule has 0 aromatic rings. The van der Waals surface area contributed by atoms with Crippen molar-refractivity contribution in [2.24, 2.45) is 17.1 Å². The molecule has 0 aromatic heterocycles. The smallest absolute Gasteiger partial charge is 0.311 e. The van der Waals surface area contributed by atoms with E-state index in [4.69, 9.17) is 10.8 Å². The van der Waals surface area contributed by atoms with Crippen LogP contribution in [0.15, 0.2) is 0 Å². The standard InChI is InChI=1S/C13H22N2O5/c1-8(2)13(12(19)20)5-6-15(7-13)11(18)9(14)3-4-10(16)17/h8-9H,3-7,14H2,1-2H3,(H,16,17)(H,19,20). The van der Waals surface area contributed by atoms with Crippen LogP contribution in [0, 0.1) is 11.3 Å². The van der Waals surface area contributed by atoms with E-state index in [9.17, 15) is 19.5 Å². The Balaban J connectivity index is 2.69. The fourth-order valence-corrected chi connectivity index (χ4v) is 2.55. The van der Waals surface area contributed by atoms with E-state index in [0.717, 1.165) is 0 Å². The van der Waals surface area contributed by atoms with Gasteiger partial charge in [-0.1, -0.05) is 13.8 Å². The molecule has 1 aliphatic heterocycles. The van der Waals surface area contributed by atoms with Crippen LogP contribution in [-0.2, 0) is 14.4 Å². The van der Waals surface area contributed by atoms with Crippen LogP contribution in [0.5, 0.6) is 0 Å². The molecule has 1 amide bonds. The number of nitrogens with two attached hydrogens (primary N) is 1. The maximum Gasteiger partial charge on any atom is 0.311 e. The zero-order valence-corrected chi connectivity index (χ0v) is 11.8. The highest BCUT2D eigenvalue weighted by atomic mass is 16.4. The second-order valence-corrected chi connectivity index (χ2v) is 5.66. The van der Waals surface area contributed by atoms with E-state index < -0.39 is 23.4 Å². The Labute approximate surface area is 117 Å². The van der Waals surface area contributed by atoms with Crippen LogP contribution in [0.4, 0.5) is 0 Å². The fraction of sp³-hybridized carbons (Fsp3) is 0.769. The monoisotopic (exact) mass is 286 g/mol. The minimum atomic E-state index is -1.00. The topological polar surface area (TPSA) is 121 Å². The molecule has 7 heteroatoms. The number of carboxylic acids is 2. The predicted octanol–water partition coefficient (Wildman–Crippen LogP) is 0.138. The second-order valence-electron chi connectivity index (χ2n) is 5.66. The molecular weight excluding hydrogens is 264 g/mol. The van der Waals surface area contributed by atoms with Gasteiger partial charge < -0.3 is 20.8 Å². The molecule has 0 saturated carbocycles. The van der Waals surface area contributed by atoms with Gasteiger partial charge in [0.2, 0.25) is 5.91 Å². The maximum absolute atomic E-state index is 12.1. The number of carboxylic acid groups (broad SMARTS) is 2. The molecule has 0 aliphatic carbocycles. The fourth-order valence-electron chi connectivity index (χ4n) is 2.55. The first-order valence-electron chi connectivity index (χ1n) is 6.70. The Morgan fingerprint density at radius 1 is 1.30 bits per heavy atom. The maximum atomic E-state index is 12.1. The third kappa shape index (κ3) is 3.27. The van der Waals surface area contributed by atoms with Crippen LogP contribution in [0.1, 0.15) is 33.1 Å². The molecule has 1 fully saturated rings. The summed E-state index contributed by atoms with van der Waals surface area (Å²) in [6, 6.07) is -0.886. The van der Waals surface area contributed by atoms with Crippen LogP contribution in [0.2, 0.25) is 0 Å². The number of rotatable bonds is 6. The largest absolute Gasteiger partial charge is 0.481 e. The number of hydrogen-bond donors (Lipinski definition) is 3. The molecule has 1 rings (SSSR count). The van der Waals surface area contributed by atoms with Crippen molar-refractivity contribution in [1.82, 2.24) is 4.90 Å². The van der Waals surface area contributed by atoms with Crippen molar-refractivity contribution < 1.29 is 24.6 Å². The molecule has 0 aromatic carbocycles. The molecule has 1 heterocycles. The molecule has 0 bridgehead atoms. The number of aliphatic carboxylic acids is 2. The summed E-state index contributed by atoms with van der Waals surface area (Å²) in [5.41, 5.74) is 4.76. The van der Waals surface area contributed by atoms with Crippen molar-refractivity contribution >= 4 is 17.8 Å². The van der Waals surface area contributed by atoms with Gasteiger partial charge >= 0.3 is 11.9 Å². The number of nitrogens with zero attached hydrogens (tertiary/aromatic N) is 1. The molecule has 1 aliphatic rings. The van der Waals surface area contributed by atoms with Gasteiger partial charge in [-0.3, -0.25) is 14.4 Å². The molecular formula is C13H22N2O5. The minimum absolute atomic E-state index is 0.0619. The first kappa shape index (κ1) is 16.4. The predicted molar refractivity (Wildman–Crippen MR) is 70.9 cm³/mol. The van der Waals surface area contributed by atoms with Crippen LogP contribution in [0.25, 0.3) is 0 Å². The van der Waals surface area contributed by atoms with Crippen LogP contribution >= 0.6 is 0 Å². The number of carbonyl (C=O) groups is 3. The molecule has 114 valence electrons. The lowest BCUT2D eigenvalue weighted by Crippen LogP contribution is -2.46. The van der Waals surface area contributed by atoms with Crippen LogP contribution in [0.3, 0.4) is 0 Å². The van der Waals surface area contributed by atoms with E-state index in [1.165, 1.54) is 4.90 Å². The van der Waals surface area contributed by atoms with E-state index in [2.05, 4.69) is 0 Å². The highest BCUT2D eigenvalue weighted by molar-refractivity contribution is 5.84. The van der Waals surface area contributed by atoms with Crippen molar-refractivity contribution in [3.05, 3.63) is 0 Å². The quantitative estimate of drug-likeness (QED) is 0.638. The number of likely N-dealkylation sites (tertiary alicyclic amines) is 1. The molecule has 0 radical (unpaired) electrons. The van der Waals surface area contributed by atoms with E-state index in [1.54, 1.807) is 0 Å². The molecule has 7 nitrogen and oxygen atoms in total. The van der Waals surface area contributed by atoms with Crippen LogP contribution < -0.4 is 5.73 Å². The van der Waals surface area contributed by atoms with Gasteiger partial charge in [0.05, 0.1) is 11.5 Å². The Morgan fingerprint density at radius 2 is 1.90 bits per heavy atom. The van der Waals surface area contributed by atoms with Crippen molar-refractivity contribution in [3.63, 3.8) is 0 Å². The summed E-state index contributed by atoms with van der Waals surface area (Å²) in [5.74, 6) is -2.36. The summed E-state index contributed by atoms with van der Waals surface area (Å²) >= 11 is 0. The van der Waals surface area contributed by atoms with Gasteiger partial charge in [0, 0.05) is 19.5 Å². The van der Waals surface area contributed by atoms with Gasteiger partial charge in [0.15, 0.2) is 0 Å². The van der Waals surface area contributed by atoms with E-state index in [-0.39, 0.29) is 31.2 Å². The van der Waals surface area contributed by atoms with Crippen molar-refractivity contribution in [3.8, 4) is 0 Å². The van der Waals surface area contributed by atoms with Crippen molar-refractivity contribution in [2.75, 3.05) is 13.1 Å². The highest BCUT2D eigenvalue weighted by Gasteiger charge is 2.48. The van der Waals surface area contributed by atoms with Crippen LogP contribution in [-0.4, -0.2) is 52.1 Å². The SMILES string of the molecule is CC(C)C1(C(=O)O)CCN(C(=O)C(N)CCC(=O)O)C1. The van der Waals surface area contributed by atoms with Gasteiger partial charge in [-0.2, -0.15) is 0 Å². The summed E-state index contributed by atoms with van der Waals surface area (Å²) < 4.78 is 0. The number of amides is 1. The van der Waals surface area contributed by atoms with E-state index in [1.807, 2.05) is 13.8 Å². The Morgan fingerprint density at radius 3 is 2.30 bits per heavy atom. The Kier molecular flexibility index (Phi) is 5.10. The second kappa shape index (κ2) is 6.21. The molecule has 4 N–H and O–H groups in total. The molecule has 2 atom stereocenters. The summed E-state index contributed by atoms with van der Waals surface area (Å²) in [6.45, 7) is 4.14. The summed E-state index contributed by atoms with van der Waals surface area (Å²) in [7, 11) is 0. The lowest BCUT2D eigenvalue weighted by Gasteiger charge is -2.29. The van der Waals surface area contributed by atoms with Gasteiger partial charge in [0.1, 0.15) is 0 Å². The van der Waals surface area contributed by atoms with Gasteiger partial charge in [-0.15, -0.1) is 0 Å². The summed E-state index contributed by atoms with van der Waals surface area (Å²) in [4.78, 5) is 35.5. The summed E-state index contributed by atoms with van der Waals surface area (Å²) in [5, 5.41) is 18.0. The summed E-state index contributed by atoms with van der Waals surface area (Å²) in [6.07, 6.45) is 0.290. The third-order valence-corrected chi connectivity index (χ3v) is 4.13. The molecule has 0 spiro atoms. The first-order valence-corrected chi connectivity index (χ1v) is 6.70. The number of carbonyl (C=O) groups excluding carboxylic acids is 1. The first-order chi connectivity index (χ1) is 9.20. The normalized spacial score (nSPS) is 23.9. The average Bonchev–Trinajstić information content (AvgIpc) is 2.81. The zero-order chi connectivity index (χ0) is 15.5. The third-order valence-electron chi connectivity index (χ3n) is 4.13. The van der Waals surface area contributed by atoms with Crippen molar-refractivity contribution in [2.45, 2.75) is 39.2 Å². The highest BCUT2D eigenvalue weighted by Crippen LogP contribution is 2.38. The average molecular weight is 286 g/mol. The molecule has 2 unspecified atom stereocenters. The van der Waals surface area contributed by atoms with Gasteiger partial charge in [0.25, 0.3) is 0 Å². The zero-order valence-electron chi connectivity index (χ0n) is 11.8. The molecule has 1 saturated heterocycles. The number of hydrogen-bond acceptors (Lipinski definition) is 4. The Bertz CT molecular complexity index is 410. The lowest BCUT2D eigenvalue weighted by molar-refractivity contribution is -0.151. The van der Waals surface area contributed by atoms with Gasteiger partial charge in [-0.25, -0.2) is 0 Å². The van der Waals surface area contributed by atoms with Gasteiger partial charge in [-0.05, 0) is 18.8 Å².